The molecule has 0 bridgehead atoms. The molecule has 1 aromatic rings. The summed E-state index contributed by atoms with van der Waals surface area (Å²) in [7, 11) is 0. The largest absolute Gasteiger partial charge is 0.464 e. The number of halogens is 1. The van der Waals surface area contributed by atoms with Gasteiger partial charge in [0.2, 0.25) is 0 Å². The molecular weight excluding hydrogens is 294 g/mol. The van der Waals surface area contributed by atoms with Crippen molar-refractivity contribution < 1.29 is 9.53 Å². The van der Waals surface area contributed by atoms with E-state index in [2.05, 4.69) is 27.3 Å². The van der Waals surface area contributed by atoms with Crippen LogP contribution in [-0.2, 0) is 9.53 Å². The summed E-state index contributed by atoms with van der Waals surface area (Å²) in [6.45, 7) is 8.26. The van der Waals surface area contributed by atoms with Gasteiger partial charge < -0.3 is 10.1 Å². The van der Waals surface area contributed by atoms with Crippen LogP contribution in [0.15, 0.2) is 16.6 Å². The number of hydrogen-bond acceptors (Lipinski definition) is 3. The van der Waals surface area contributed by atoms with E-state index in [9.17, 15) is 4.79 Å². The second-order valence-corrected chi connectivity index (χ2v) is 5.15. The number of rotatable bonds is 5. The van der Waals surface area contributed by atoms with Crippen LogP contribution in [0.4, 0.5) is 5.69 Å². The Labute approximate surface area is 117 Å². The van der Waals surface area contributed by atoms with E-state index in [1.165, 1.54) is 5.56 Å². The Balaban J connectivity index is 2.92. The fourth-order valence-electron chi connectivity index (χ4n) is 1.84. The number of ether oxygens (including phenoxy) is 1. The number of benzene rings is 1. The number of nitrogens with one attached hydrogen (secondary N) is 1. The fourth-order valence-corrected chi connectivity index (χ4v) is 2.63. The Hall–Kier alpha value is -1.03. The molecule has 1 atom stereocenters. The van der Waals surface area contributed by atoms with E-state index < -0.39 is 0 Å². The summed E-state index contributed by atoms with van der Waals surface area (Å²) in [5, 5.41) is 3.26. The zero-order valence-electron chi connectivity index (χ0n) is 11.3. The molecule has 0 heterocycles. The number of carbonyl (C=O) groups is 1. The number of hydrogen-bond donors (Lipinski definition) is 1. The maximum absolute atomic E-state index is 11.8. The smallest absolute Gasteiger partial charge is 0.328 e. The lowest BCUT2D eigenvalue weighted by atomic mass is 10.1. The van der Waals surface area contributed by atoms with Gasteiger partial charge in [-0.25, -0.2) is 4.79 Å². The summed E-state index contributed by atoms with van der Waals surface area (Å²) in [5.74, 6) is -0.202. The van der Waals surface area contributed by atoms with E-state index in [4.69, 9.17) is 4.74 Å². The third-order valence-corrected chi connectivity index (χ3v) is 3.36. The van der Waals surface area contributed by atoms with Gasteiger partial charge in [-0.15, -0.1) is 0 Å². The molecule has 0 amide bonds. The molecule has 100 valence electrons. The van der Waals surface area contributed by atoms with E-state index in [1.54, 1.807) is 0 Å². The van der Waals surface area contributed by atoms with Gasteiger partial charge in [0, 0.05) is 4.47 Å². The predicted octanol–water partition coefficient (Wildman–Crippen LogP) is 3.82. The summed E-state index contributed by atoms with van der Waals surface area (Å²) in [6, 6.07) is 3.82. The van der Waals surface area contributed by atoms with Crippen LogP contribution in [0.25, 0.3) is 0 Å². The van der Waals surface area contributed by atoms with Gasteiger partial charge in [0.1, 0.15) is 6.04 Å². The first kappa shape index (κ1) is 15.0. The molecule has 3 nitrogen and oxygen atoms in total. The normalized spacial score (nSPS) is 12.1. The molecule has 1 rings (SSSR count). The molecule has 4 heteroatoms. The SMILES string of the molecule is CCOC(=O)C(CC)Nc1c(C)cc(C)cc1Br. The van der Waals surface area contributed by atoms with E-state index >= 15 is 0 Å². The van der Waals surface area contributed by atoms with E-state index in [0.29, 0.717) is 13.0 Å². The van der Waals surface area contributed by atoms with Crippen LogP contribution in [0.2, 0.25) is 0 Å². The Morgan fingerprint density at radius 2 is 2.06 bits per heavy atom. The van der Waals surface area contributed by atoms with Crippen LogP contribution in [0, 0.1) is 13.8 Å². The van der Waals surface area contributed by atoms with Crippen LogP contribution in [-0.4, -0.2) is 18.6 Å². The molecule has 0 aromatic heterocycles. The molecule has 18 heavy (non-hydrogen) atoms. The van der Waals surface area contributed by atoms with E-state index in [0.717, 1.165) is 15.7 Å². The lowest BCUT2D eigenvalue weighted by molar-refractivity contribution is -0.144. The number of aryl methyl sites for hydroxylation is 2. The maximum atomic E-state index is 11.8. The van der Waals surface area contributed by atoms with Gasteiger partial charge in [0.15, 0.2) is 0 Å². The van der Waals surface area contributed by atoms with Gasteiger partial charge in [-0.1, -0.05) is 13.0 Å². The lowest BCUT2D eigenvalue weighted by Crippen LogP contribution is -2.31. The van der Waals surface area contributed by atoms with Crippen molar-refractivity contribution in [2.45, 2.75) is 40.2 Å². The molecular formula is C14H20BrNO2. The third kappa shape index (κ3) is 3.73. The van der Waals surface area contributed by atoms with Crippen molar-refractivity contribution in [2.75, 3.05) is 11.9 Å². The Kier molecular flexibility index (Phi) is 5.66. The average molecular weight is 314 g/mol. The molecule has 0 aliphatic rings. The van der Waals surface area contributed by atoms with Crippen molar-refractivity contribution in [2.24, 2.45) is 0 Å². The minimum absolute atomic E-state index is 0.202. The molecule has 1 unspecified atom stereocenters. The summed E-state index contributed by atoms with van der Waals surface area (Å²) in [5.41, 5.74) is 3.26. The highest BCUT2D eigenvalue weighted by atomic mass is 79.9. The van der Waals surface area contributed by atoms with Gasteiger partial charge >= 0.3 is 5.97 Å². The van der Waals surface area contributed by atoms with Crippen molar-refractivity contribution >= 4 is 27.6 Å². The third-order valence-electron chi connectivity index (χ3n) is 2.73. The first-order valence-corrected chi connectivity index (χ1v) is 6.98. The van der Waals surface area contributed by atoms with Crippen LogP contribution in [0.1, 0.15) is 31.4 Å². The Bertz CT molecular complexity index is 409. The Morgan fingerprint density at radius 3 is 2.56 bits per heavy atom. The van der Waals surface area contributed by atoms with Crippen molar-refractivity contribution in [3.05, 3.63) is 27.7 Å². The van der Waals surface area contributed by atoms with Gasteiger partial charge in [-0.3, -0.25) is 0 Å². The molecule has 0 aliphatic heterocycles. The zero-order chi connectivity index (χ0) is 13.7. The fraction of sp³-hybridized carbons (Fsp3) is 0.500. The summed E-state index contributed by atoms with van der Waals surface area (Å²) in [6.07, 6.45) is 0.693. The van der Waals surface area contributed by atoms with Gasteiger partial charge in [0.05, 0.1) is 12.3 Å². The number of carbonyl (C=O) groups excluding carboxylic acids is 1. The minimum Gasteiger partial charge on any atom is -0.464 e. The second-order valence-electron chi connectivity index (χ2n) is 4.30. The van der Waals surface area contributed by atoms with Gasteiger partial charge in [-0.2, -0.15) is 0 Å². The summed E-state index contributed by atoms with van der Waals surface area (Å²) < 4.78 is 6.03. The lowest BCUT2D eigenvalue weighted by Gasteiger charge is -2.19. The molecule has 1 aromatic carbocycles. The first-order valence-electron chi connectivity index (χ1n) is 6.19. The first-order chi connectivity index (χ1) is 8.49. The highest BCUT2D eigenvalue weighted by molar-refractivity contribution is 9.10. The Morgan fingerprint density at radius 1 is 1.39 bits per heavy atom. The monoisotopic (exact) mass is 313 g/mol. The summed E-state index contributed by atoms with van der Waals surface area (Å²) in [4.78, 5) is 11.8. The molecule has 0 fully saturated rings. The zero-order valence-corrected chi connectivity index (χ0v) is 12.9. The molecule has 1 N–H and O–H groups in total. The van der Waals surface area contributed by atoms with E-state index in [-0.39, 0.29) is 12.0 Å². The molecule has 0 radical (unpaired) electrons. The van der Waals surface area contributed by atoms with Crippen LogP contribution in [0.3, 0.4) is 0 Å². The van der Waals surface area contributed by atoms with Crippen LogP contribution in [0.5, 0.6) is 0 Å². The average Bonchev–Trinajstić information content (AvgIpc) is 2.28. The van der Waals surface area contributed by atoms with Crippen molar-refractivity contribution in [1.29, 1.82) is 0 Å². The molecule has 0 saturated carbocycles. The highest BCUT2D eigenvalue weighted by Gasteiger charge is 2.19. The predicted molar refractivity (Wildman–Crippen MR) is 78.0 cm³/mol. The van der Waals surface area contributed by atoms with Gasteiger partial charge in [0.25, 0.3) is 0 Å². The highest BCUT2D eigenvalue weighted by Crippen LogP contribution is 2.28. The quantitative estimate of drug-likeness (QED) is 0.840. The van der Waals surface area contributed by atoms with E-state index in [1.807, 2.05) is 33.8 Å². The van der Waals surface area contributed by atoms with Gasteiger partial charge in [-0.05, 0) is 60.3 Å². The molecule has 0 aliphatic carbocycles. The van der Waals surface area contributed by atoms with Crippen molar-refractivity contribution in [3.63, 3.8) is 0 Å². The minimum atomic E-state index is -0.303. The second kappa shape index (κ2) is 6.78. The van der Waals surface area contributed by atoms with Crippen LogP contribution >= 0.6 is 15.9 Å². The molecule has 0 saturated heterocycles. The summed E-state index contributed by atoms with van der Waals surface area (Å²) >= 11 is 3.53. The number of esters is 1. The standard InChI is InChI=1S/C14H20BrNO2/c1-5-12(14(17)18-6-2)16-13-10(4)7-9(3)8-11(13)15/h7-8,12,16H,5-6H2,1-4H3. The van der Waals surface area contributed by atoms with Crippen LogP contribution < -0.4 is 5.32 Å². The number of anilines is 1. The topological polar surface area (TPSA) is 38.3 Å². The maximum Gasteiger partial charge on any atom is 0.328 e. The van der Waals surface area contributed by atoms with Crippen molar-refractivity contribution in [3.8, 4) is 0 Å². The molecule has 0 spiro atoms. The van der Waals surface area contributed by atoms with Crippen molar-refractivity contribution in [1.82, 2.24) is 0 Å².